The Morgan fingerprint density at radius 3 is 2.90 bits per heavy atom. The van der Waals surface area contributed by atoms with Gasteiger partial charge in [0.05, 0.1) is 5.56 Å². The molecule has 3 rings (SSSR count). The molecule has 0 spiro atoms. The average Bonchev–Trinajstić information content (AvgIpc) is 2.92. The van der Waals surface area contributed by atoms with E-state index >= 15 is 0 Å². The highest BCUT2D eigenvalue weighted by Crippen LogP contribution is 2.18. The Morgan fingerprint density at radius 2 is 2.10 bits per heavy atom. The highest BCUT2D eigenvalue weighted by molar-refractivity contribution is 5.83. The molecule has 3 aromatic rings. The summed E-state index contributed by atoms with van der Waals surface area (Å²) >= 11 is 0. The van der Waals surface area contributed by atoms with Gasteiger partial charge in [-0.05, 0) is 30.2 Å². The van der Waals surface area contributed by atoms with Gasteiger partial charge in [0.25, 0.3) is 0 Å². The third-order valence-electron chi connectivity index (χ3n) is 3.27. The first kappa shape index (κ1) is 12.2. The van der Waals surface area contributed by atoms with Gasteiger partial charge in [-0.2, -0.15) is 5.26 Å². The molecular weight excluding hydrogens is 248 g/mol. The van der Waals surface area contributed by atoms with Crippen LogP contribution in [0.4, 0.5) is 5.82 Å². The minimum atomic E-state index is 0.576. The van der Waals surface area contributed by atoms with Gasteiger partial charge in [-0.25, -0.2) is 4.98 Å². The van der Waals surface area contributed by atoms with Crippen LogP contribution in [0.3, 0.4) is 0 Å². The molecule has 0 saturated heterocycles. The Kier molecular flexibility index (Phi) is 3.34. The molecule has 2 heterocycles. The van der Waals surface area contributed by atoms with Crippen molar-refractivity contribution in [1.82, 2.24) is 9.97 Å². The summed E-state index contributed by atoms with van der Waals surface area (Å²) in [5.74, 6) is 0.795. The molecule has 0 bridgehead atoms. The van der Waals surface area contributed by atoms with E-state index < -0.39 is 0 Å². The number of nitrogens with zero attached hydrogens (tertiary/aromatic N) is 2. The van der Waals surface area contributed by atoms with Gasteiger partial charge in [-0.3, -0.25) is 0 Å². The van der Waals surface area contributed by atoms with E-state index in [0.29, 0.717) is 5.56 Å². The summed E-state index contributed by atoms with van der Waals surface area (Å²) in [7, 11) is 0. The lowest BCUT2D eigenvalue weighted by Gasteiger charge is -2.04. The summed E-state index contributed by atoms with van der Waals surface area (Å²) in [6, 6.07) is 13.9. The van der Waals surface area contributed by atoms with Crippen molar-refractivity contribution in [2.24, 2.45) is 0 Å². The number of para-hydroxylation sites is 1. The molecule has 0 atom stereocenters. The quantitative estimate of drug-likeness (QED) is 0.759. The van der Waals surface area contributed by atoms with Crippen molar-refractivity contribution in [3.8, 4) is 6.07 Å². The molecule has 4 heteroatoms. The number of aromatic nitrogens is 2. The highest BCUT2D eigenvalue weighted by atomic mass is 15.0. The number of fused-ring (bicyclic) bond motifs is 1. The van der Waals surface area contributed by atoms with E-state index in [1.165, 1.54) is 16.5 Å². The van der Waals surface area contributed by atoms with Gasteiger partial charge in [-0.15, -0.1) is 0 Å². The van der Waals surface area contributed by atoms with Crippen LogP contribution in [0, 0.1) is 11.3 Å². The lowest BCUT2D eigenvalue weighted by molar-refractivity contribution is 1.01. The number of H-pyrrole nitrogens is 1. The zero-order chi connectivity index (χ0) is 13.8. The van der Waals surface area contributed by atoms with Crippen LogP contribution in [0.1, 0.15) is 11.1 Å². The predicted octanol–water partition coefficient (Wildman–Crippen LogP) is 3.09. The molecule has 0 aliphatic rings. The van der Waals surface area contributed by atoms with Crippen molar-refractivity contribution >= 4 is 16.7 Å². The van der Waals surface area contributed by atoms with Crippen molar-refractivity contribution < 1.29 is 0 Å². The Hall–Kier alpha value is -2.80. The Morgan fingerprint density at radius 1 is 1.20 bits per heavy atom. The maximum absolute atomic E-state index is 8.72. The normalized spacial score (nSPS) is 10.3. The van der Waals surface area contributed by atoms with Crippen LogP contribution < -0.4 is 5.32 Å². The molecule has 20 heavy (non-hydrogen) atoms. The molecule has 2 N–H and O–H groups in total. The van der Waals surface area contributed by atoms with Gasteiger partial charge in [-0.1, -0.05) is 18.2 Å². The van der Waals surface area contributed by atoms with Crippen LogP contribution in [0.25, 0.3) is 10.9 Å². The summed E-state index contributed by atoms with van der Waals surface area (Å²) in [4.78, 5) is 7.46. The summed E-state index contributed by atoms with van der Waals surface area (Å²) in [6.07, 6.45) is 4.55. The molecule has 2 aromatic heterocycles. The van der Waals surface area contributed by atoms with Gasteiger partial charge in [0, 0.05) is 29.8 Å². The molecule has 0 unspecified atom stereocenters. The standard InChI is InChI=1S/C16H14N4/c17-9-12-5-6-16(20-10-12)18-8-7-13-11-19-15-4-2-1-3-14(13)15/h1-6,10-11,19H,7-8H2,(H,18,20). The largest absolute Gasteiger partial charge is 0.370 e. The number of pyridine rings is 1. The van der Waals surface area contributed by atoms with Gasteiger partial charge >= 0.3 is 0 Å². The first-order valence-electron chi connectivity index (χ1n) is 6.52. The van der Waals surface area contributed by atoms with Crippen molar-refractivity contribution in [3.63, 3.8) is 0 Å². The Bertz CT molecular complexity index is 750. The molecule has 0 radical (unpaired) electrons. The van der Waals surface area contributed by atoms with E-state index in [0.717, 1.165) is 18.8 Å². The van der Waals surface area contributed by atoms with Crippen molar-refractivity contribution in [1.29, 1.82) is 5.26 Å². The summed E-state index contributed by atoms with van der Waals surface area (Å²) in [5, 5.41) is 13.2. The zero-order valence-corrected chi connectivity index (χ0v) is 10.9. The number of hydrogen-bond acceptors (Lipinski definition) is 3. The van der Waals surface area contributed by atoms with Crippen LogP contribution in [-0.4, -0.2) is 16.5 Å². The third-order valence-corrected chi connectivity index (χ3v) is 3.27. The predicted molar refractivity (Wildman–Crippen MR) is 79.4 cm³/mol. The second-order valence-electron chi connectivity index (χ2n) is 4.58. The smallest absolute Gasteiger partial charge is 0.125 e. The first-order chi connectivity index (χ1) is 9.86. The lowest BCUT2D eigenvalue weighted by Crippen LogP contribution is -2.05. The molecule has 1 aromatic carbocycles. The van der Waals surface area contributed by atoms with Crippen LogP contribution in [-0.2, 0) is 6.42 Å². The summed E-state index contributed by atoms with van der Waals surface area (Å²) < 4.78 is 0. The lowest BCUT2D eigenvalue weighted by atomic mass is 10.1. The van der Waals surface area contributed by atoms with Gasteiger partial charge in [0.1, 0.15) is 11.9 Å². The van der Waals surface area contributed by atoms with Crippen LogP contribution in [0.15, 0.2) is 48.8 Å². The fraction of sp³-hybridized carbons (Fsp3) is 0.125. The zero-order valence-electron chi connectivity index (χ0n) is 10.9. The fourth-order valence-corrected chi connectivity index (χ4v) is 2.23. The minimum Gasteiger partial charge on any atom is -0.370 e. The van der Waals surface area contributed by atoms with Crippen molar-refractivity contribution in [3.05, 3.63) is 59.9 Å². The van der Waals surface area contributed by atoms with Crippen LogP contribution >= 0.6 is 0 Å². The molecule has 0 aliphatic carbocycles. The molecule has 4 nitrogen and oxygen atoms in total. The van der Waals surface area contributed by atoms with Crippen LogP contribution in [0.5, 0.6) is 0 Å². The Labute approximate surface area is 117 Å². The minimum absolute atomic E-state index is 0.576. The average molecular weight is 262 g/mol. The highest BCUT2D eigenvalue weighted by Gasteiger charge is 2.02. The SMILES string of the molecule is N#Cc1ccc(NCCc2c[nH]c3ccccc23)nc1. The number of anilines is 1. The topological polar surface area (TPSA) is 64.5 Å². The van der Waals surface area contributed by atoms with Gasteiger partial charge < -0.3 is 10.3 Å². The molecule has 98 valence electrons. The monoisotopic (exact) mass is 262 g/mol. The van der Waals surface area contributed by atoms with Crippen LogP contribution in [0.2, 0.25) is 0 Å². The molecule has 0 aliphatic heterocycles. The van der Waals surface area contributed by atoms with E-state index in [4.69, 9.17) is 5.26 Å². The molecule has 0 saturated carbocycles. The second-order valence-corrected chi connectivity index (χ2v) is 4.58. The number of nitrogens with one attached hydrogen (secondary N) is 2. The van der Waals surface area contributed by atoms with E-state index in [1.54, 1.807) is 12.3 Å². The summed E-state index contributed by atoms with van der Waals surface area (Å²) in [5.41, 5.74) is 3.04. The van der Waals surface area contributed by atoms with E-state index in [-0.39, 0.29) is 0 Å². The fourth-order valence-electron chi connectivity index (χ4n) is 2.23. The van der Waals surface area contributed by atoms with Gasteiger partial charge in [0.2, 0.25) is 0 Å². The van der Waals surface area contributed by atoms with E-state index in [9.17, 15) is 0 Å². The molecule has 0 amide bonds. The third kappa shape index (κ3) is 2.47. The number of benzene rings is 1. The number of nitriles is 1. The maximum atomic E-state index is 8.72. The van der Waals surface area contributed by atoms with E-state index in [1.807, 2.05) is 12.1 Å². The second kappa shape index (κ2) is 5.45. The Balaban J connectivity index is 1.63. The molecular formula is C16H14N4. The number of rotatable bonds is 4. The van der Waals surface area contributed by atoms with Crippen molar-refractivity contribution in [2.75, 3.05) is 11.9 Å². The van der Waals surface area contributed by atoms with Gasteiger partial charge in [0.15, 0.2) is 0 Å². The number of aromatic amines is 1. The van der Waals surface area contributed by atoms with Crippen molar-refractivity contribution in [2.45, 2.75) is 6.42 Å². The first-order valence-corrected chi connectivity index (χ1v) is 6.52. The molecule has 0 fully saturated rings. The number of hydrogen-bond donors (Lipinski definition) is 2. The maximum Gasteiger partial charge on any atom is 0.125 e. The van der Waals surface area contributed by atoms with E-state index in [2.05, 4.69) is 45.7 Å². The summed E-state index contributed by atoms with van der Waals surface area (Å²) in [6.45, 7) is 0.806.